The molecular formula is C12H23NO2. The highest BCUT2D eigenvalue weighted by Gasteiger charge is 2.14. The summed E-state index contributed by atoms with van der Waals surface area (Å²) in [5, 5.41) is 8.53. The summed E-state index contributed by atoms with van der Waals surface area (Å²) < 4.78 is 0. The quantitative estimate of drug-likeness (QED) is 0.705. The zero-order valence-corrected chi connectivity index (χ0v) is 9.74. The lowest BCUT2D eigenvalue weighted by atomic mass is 10.0. The molecule has 0 heterocycles. The summed E-state index contributed by atoms with van der Waals surface area (Å²) in [5.74, 6) is 0.260. The first kappa shape index (κ1) is 12.5. The molecule has 3 heteroatoms. The molecule has 0 bridgehead atoms. The number of carboxylic acids is 1. The van der Waals surface area contributed by atoms with Gasteiger partial charge < -0.3 is 10.0 Å². The minimum absolute atomic E-state index is 0.264. The number of rotatable bonds is 7. The summed E-state index contributed by atoms with van der Waals surface area (Å²) in [7, 11) is 2.01. The van der Waals surface area contributed by atoms with Gasteiger partial charge in [0.25, 0.3) is 0 Å². The highest BCUT2D eigenvalue weighted by molar-refractivity contribution is 5.66. The smallest absolute Gasteiger partial charge is 0.304 e. The van der Waals surface area contributed by atoms with Crippen LogP contribution in [0.25, 0.3) is 0 Å². The average molecular weight is 213 g/mol. The van der Waals surface area contributed by atoms with Gasteiger partial charge in [-0.05, 0) is 32.4 Å². The Balaban J connectivity index is 1.96. The zero-order valence-electron chi connectivity index (χ0n) is 9.74. The third-order valence-electron chi connectivity index (χ3n) is 3.33. The van der Waals surface area contributed by atoms with E-state index >= 15 is 0 Å². The Kier molecular flexibility index (Phi) is 5.69. The number of carboxylic acid groups (broad SMARTS) is 1. The van der Waals surface area contributed by atoms with Crippen LogP contribution in [0.4, 0.5) is 0 Å². The van der Waals surface area contributed by atoms with E-state index in [9.17, 15) is 4.79 Å². The summed E-state index contributed by atoms with van der Waals surface area (Å²) >= 11 is 0. The van der Waals surface area contributed by atoms with Gasteiger partial charge in [0.2, 0.25) is 0 Å². The molecule has 0 radical (unpaired) electrons. The Bertz CT molecular complexity index is 188. The van der Waals surface area contributed by atoms with Crippen LogP contribution in [0, 0.1) is 5.92 Å². The van der Waals surface area contributed by atoms with Crippen LogP contribution in [-0.2, 0) is 4.79 Å². The monoisotopic (exact) mass is 213 g/mol. The van der Waals surface area contributed by atoms with Gasteiger partial charge in [0.15, 0.2) is 0 Å². The van der Waals surface area contributed by atoms with Gasteiger partial charge in [-0.15, -0.1) is 0 Å². The number of carbonyl (C=O) groups is 1. The second-order valence-electron chi connectivity index (χ2n) is 4.74. The number of nitrogens with zero attached hydrogens (tertiary/aromatic N) is 1. The van der Waals surface area contributed by atoms with E-state index in [0.717, 1.165) is 12.5 Å². The first-order chi connectivity index (χ1) is 7.18. The van der Waals surface area contributed by atoms with Crippen LogP contribution in [0.5, 0.6) is 0 Å². The van der Waals surface area contributed by atoms with Crippen LogP contribution in [-0.4, -0.2) is 36.1 Å². The van der Waals surface area contributed by atoms with Crippen molar-refractivity contribution in [1.29, 1.82) is 0 Å². The third kappa shape index (κ3) is 5.78. The van der Waals surface area contributed by atoms with Gasteiger partial charge in [0.1, 0.15) is 0 Å². The fourth-order valence-electron chi connectivity index (χ4n) is 2.35. The second kappa shape index (κ2) is 6.83. The van der Waals surface area contributed by atoms with Gasteiger partial charge in [-0.3, -0.25) is 4.79 Å². The number of hydrogen-bond donors (Lipinski definition) is 1. The largest absolute Gasteiger partial charge is 0.481 e. The standard InChI is InChI=1S/C12H23NO2/c1-13(10-8-12(14)15)9-4-7-11-5-2-3-6-11/h11H,2-10H2,1H3,(H,14,15). The molecule has 0 unspecified atom stereocenters. The van der Waals surface area contributed by atoms with Crippen LogP contribution < -0.4 is 0 Å². The van der Waals surface area contributed by atoms with E-state index in [-0.39, 0.29) is 6.42 Å². The van der Waals surface area contributed by atoms with Crippen molar-refractivity contribution in [1.82, 2.24) is 4.90 Å². The maximum absolute atomic E-state index is 10.4. The molecule has 0 aliphatic heterocycles. The maximum Gasteiger partial charge on any atom is 0.304 e. The van der Waals surface area contributed by atoms with Crippen molar-refractivity contribution in [3.8, 4) is 0 Å². The predicted octanol–water partition coefficient (Wildman–Crippen LogP) is 2.36. The molecule has 1 N–H and O–H groups in total. The van der Waals surface area contributed by atoms with Gasteiger partial charge in [0, 0.05) is 6.54 Å². The van der Waals surface area contributed by atoms with Crippen LogP contribution in [0.1, 0.15) is 44.9 Å². The molecule has 0 aromatic rings. The molecule has 1 aliphatic carbocycles. The minimum Gasteiger partial charge on any atom is -0.481 e. The summed E-state index contributed by atoms with van der Waals surface area (Å²) in [4.78, 5) is 12.5. The molecule has 1 fully saturated rings. The van der Waals surface area contributed by atoms with Crippen LogP contribution >= 0.6 is 0 Å². The SMILES string of the molecule is CN(CCCC1CCCC1)CCC(=O)O. The fourth-order valence-corrected chi connectivity index (χ4v) is 2.35. The van der Waals surface area contributed by atoms with E-state index in [4.69, 9.17) is 5.11 Å². The van der Waals surface area contributed by atoms with Gasteiger partial charge in [-0.25, -0.2) is 0 Å². The van der Waals surface area contributed by atoms with Crippen molar-refractivity contribution in [3.63, 3.8) is 0 Å². The molecule has 0 saturated heterocycles. The Labute approximate surface area is 92.5 Å². The minimum atomic E-state index is -0.697. The Morgan fingerprint density at radius 2 is 2.00 bits per heavy atom. The van der Waals surface area contributed by atoms with Gasteiger partial charge in [0.05, 0.1) is 6.42 Å². The normalized spacial score (nSPS) is 17.5. The Morgan fingerprint density at radius 3 is 2.60 bits per heavy atom. The van der Waals surface area contributed by atoms with Crippen LogP contribution in [0.15, 0.2) is 0 Å². The van der Waals surface area contributed by atoms with Crippen molar-refractivity contribution in [2.45, 2.75) is 44.9 Å². The van der Waals surface area contributed by atoms with E-state index in [2.05, 4.69) is 4.90 Å². The van der Waals surface area contributed by atoms with Crippen molar-refractivity contribution in [2.24, 2.45) is 5.92 Å². The second-order valence-corrected chi connectivity index (χ2v) is 4.74. The lowest BCUT2D eigenvalue weighted by molar-refractivity contribution is -0.137. The average Bonchev–Trinajstić information content (AvgIpc) is 2.67. The molecule has 88 valence electrons. The van der Waals surface area contributed by atoms with E-state index in [1.54, 1.807) is 0 Å². The lowest BCUT2D eigenvalue weighted by Crippen LogP contribution is -2.23. The van der Waals surface area contributed by atoms with Gasteiger partial charge in [-0.2, -0.15) is 0 Å². The summed E-state index contributed by atoms with van der Waals surface area (Å²) in [6, 6.07) is 0. The molecule has 0 amide bonds. The zero-order chi connectivity index (χ0) is 11.1. The fraction of sp³-hybridized carbons (Fsp3) is 0.917. The molecule has 1 rings (SSSR count). The first-order valence-corrected chi connectivity index (χ1v) is 6.09. The topological polar surface area (TPSA) is 40.5 Å². The number of hydrogen-bond acceptors (Lipinski definition) is 2. The van der Waals surface area contributed by atoms with E-state index in [1.165, 1.54) is 38.5 Å². The predicted molar refractivity (Wildman–Crippen MR) is 60.9 cm³/mol. The highest BCUT2D eigenvalue weighted by atomic mass is 16.4. The summed E-state index contributed by atoms with van der Waals surface area (Å²) in [6.45, 7) is 1.73. The van der Waals surface area contributed by atoms with E-state index in [0.29, 0.717) is 6.54 Å². The summed E-state index contributed by atoms with van der Waals surface area (Å²) in [6.07, 6.45) is 8.48. The summed E-state index contributed by atoms with van der Waals surface area (Å²) in [5.41, 5.74) is 0. The molecule has 15 heavy (non-hydrogen) atoms. The molecule has 0 atom stereocenters. The highest BCUT2D eigenvalue weighted by Crippen LogP contribution is 2.28. The lowest BCUT2D eigenvalue weighted by Gasteiger charge is -2.16. The number of aliphatic carboxylic acids is 1. The molecule has 3 nitrogen and oxygen atoms in total. The molecule has 0 spiro atoms. The van der Waals surface area contributed by atoms with Crippen LogP contribution in [0.3, 0.4) is 0 Å². The van der Waals surface area contributed by atoms with Crippen molar-refractivity contribution in [3.05, 3.63) is 0 Å². The van der Waals surface area contributed by atoms with Crippen molar-refractivity contribution >= 4 is 5.97 Å². The van der Waals surface area contributed by atoms with Gasteiger partial charge >= 0.3 is 5.97 Å². The van der Waals surface area contributed by atoms with Crippen molar-refractivity contribution < 1.29 is 9.90 Å². The Hall–Kier alpha value is -0.570. The molecule has 0 aromatic heterocycles. The molecule has 1 saturated carbocycles. The van der Waals surface area contributed by atoms with E-state index in [1.807, 2.05) is 7.05 Å². The van der Waals surface area contributed by atoms with Crippen molar-refractivity contribution in [2.75, 3.05) is 20.1 Å². The third-order valence-corrected chi connectivity index (χ3v) is 3.33. The van der Waals surface area contributed by atoms with Crippen LogP contribution in [0.2, 0.25) is 0 Å². The maximum atomic E-state index is 10.4. The molecule has 1 aliphatic rings. The molecule has 0 aromatic carbocycles. The van der Waals surface area contributed by atoms with Gasteiger partial charge in [-0.1, -0.05) is 25.7 Å². The first-order valence-electron chi connectivity index (χ1n) is 6.09. The molecular weight excluding hydrogens is 190 g/mol. The Morgan fingerprint density at radius 1 is 1.33 bits per heavy atom. The van der Waals surface area contributed by atoms with E-state index < -0.39 is 5.97 Å².